The van der Waals surface area contributed by atoms with Gasteiger partial charge in [-0.15, -0.1) is 0 Å². The number of hydrogen-bond donors (Lipinski definition) is 2. The lowest BCUT2D eigenvalue weighted by atomic mass is 10.1. The lowest BCUT2D eigenvalue weighted by molar-refractivity contribution is -0.117. The Bertz CT molecular complexity index is 1090. The number of hydrogen-bond acceptors (Lipinski definition) is 3. The van der Waals surface area contributed by atoms with Crippen molar-refractivity contribution in [2.75, 3.05) is 6.54 Å². The van der Waals surface area contributed by atoms with Crippen molar-refractivity contribution in [1.82, 2.24) is 10.3 Å². The largest absolute Gasteiger partial charge is 0.489 e. The molecular formula is C23H22ClN3O2. The summed E-state index contributed by atoms with van der Waals surface area (Å²) < 4.78 is 5.60. The number of nitriles is 1. The number of rotatable bonds is 7. The highest BCUT2D eigenvalue weighted by molar-refractivity contribution is 6.32. The van der Waals surface area contributed by atoms with Gasteiger partial charge in [-0.1, -0.05) is 35.9 Å². The molecule has 0 atom stereocenters. The molecule has 0 bridgehead atoms. The molecule has 0 aliphatic rings. The molecule has 1 amide bonds. The molecule has 0 saturated carbocycles. The average Bonchev–Trinajstić information content (AvgIpc) is 3.11. The Labute approximate surface area is 174 Å². The quantitative estimate of drug-likeness (QED) is 0.433. The fourth-order valence-corrected chi connectivity index (χ4v) is 3.25. The van der Waals surface area contributed by atoms with E-state index in [1.54, 1.807) is 18.2 Å². The highest BCUT2D eigenvalue weighted by Gasteiger charge is 2.11. The summed E-state index contributed by atoms with van der Waals surface area (Å²) in [5.41, 5.74) is 2.87. The normalized spacial score (nSPS) is 11.5. The van der Waals surface area contributed by atoms with Gasteiger partial charge >= 0.3 is 0 Å². The summed E-state index contributed by atoms with van der Waals surface area (Å²) in [4.78, 5) is 15.6. The Balaban J connectivity index is 1.64. The molecule has 0 aliphatic heterocycles. The maximum atomic E-state index is 12.4. The molecule has 5 nitrogen and oxygen atoms in total. The third kappa shape index (κ3) is 5.18. The first-order valence-electron chi connectivity index (χ1n) is 9.39. The van der Waals surface area contributed by atoms with Crippen LogP contribution in [0.5, 0.6) is 5.75 Å². The molecule has 1 aromatic heterocycles. The van der Waals surface area contributed by atoms with Gasteiger partial charge < -0.3 is 15.0 Å². The van der Waals surface area contributed by atoms with Crippen molar-refractivity contribution in [2.45, 2.75) is 26.4 Å². The van der Waals surface area contributed by atoms with Gasteiger partial charge in [0, 0.05) is 23.6 Å². The van der Waals surface area contributed by atoms with Gasteiger partial charge in [-0.25, -0.2) is 0 Å². The fourth-order valence-electron chi connectivity index (χ4n) is 3.02. The number of fused-ring (bicyclic) bond motifs is 1. The molecular weight excluding hydrogens is 386 g/mol. The Morgan fingerprint density at radius 3 is 2.83 bits per heavy atom. The highest BCUT2D eigenvalue weighted by Crippen LogP contribution is 2.27. The van der Waals surface area contributed by atoms with Crippen LogP contribution < -0.4 is 10.1 Å². The monoisotopic (exact) mass is 407 g/mol. The second-order valence-corrected chi connectivity index (χ2v) is 7.30. The number of H-pyrrole nitrogens is 1. The maximum Gasteiger partial charge on any atom is 0.261 e. The van der Waals surface area contributed by atoms with Gasteiger partial charge in [-0.05, 0) is 55.7 Å². The zero-order valence-corrected chi connectivity index (χ0v) is 17.1. The third-order valence-corrected chi connectivity index (χ3v) is 4.64. The Morgan fingerprint density at radius 2 is 2.10 bits per heavy atom. The third-order valence-electron chi connectivity index (χ3n) is 4.35. The van der Waals surface area contributed by atoms with E-state index in [0.29, 0.717) is 29.3 Å². The standard InChI is InChI=1S/C23H22ClN3O2/c1-15(2)29-22-8-7-16(12-20(22)24)11-18(13-25)23(28)26-10-9-17-14-27-21-6-4-3-5-19(17)21/h3-8,11-12,14-15,27H,9-10H2,1-2H3,(H,26,28)/b18-11+. The minimum absolute atomic E-state index is 0.00601. The van der Waals surface area contributed by atoms with Crippen LogP contribution >= 0.6 is 11.6 Å². The summed E-state index contributed by atoms with van der Waals surface area (Å²) in [6.45, 7) is 4.26. The van der Waals surface area contributed by atoms with Crippen molar-refractivity contribution in [3.8, 4) is 11.8 Å². The first kappa shape index (κ1) is 20.5. The summed E-state index contributed by atoms with van der Waals surface area (Å²) >= 11 is 6.23. The number of carbonyl (C=O) groups is 1. The first-order chi connectivity index (χ1) is 14.0. The zero-order chi connectivity index (χ0) is 20.8. The number of amides is 1. The van der Waals surface area contributed by atoms with Crippen LogP contribution in [-0.4, -0.2) is 23.5 Å². The summed E-state index contributed by atoms with van der Waals surface area (Å²) in [5, 5.41) is 13.8. The smallest absolute Gasteiger partial charge is 0.261 e. The number of carbonyl (C=O) groups excluding carboxylic acids is 1. The van der Waals surface area contributed by atoms with Crippen molar-refractivity contribution < 1.29 is 9.53 Å². The summed E-state index contributed by atoms with van der Waals surface area (Å²) in [6.07, 6.45) is 4.14. The molecule has 0 unspecified atom stereocenters. The molecule has 3 aromatic rings. The van der Waals surface area contributed by atoms with E-state index in [1.165, 1.54) is 6.08 Å². The van der Waals surface area contributed by atoms with E-state index in [-0.39, 0.29) is 11.7 Å². The van der Waals surface area contributed by atoms with E-state index >= 15 is 0 Å². The fraction of sp³-hybridized carbons (Fsp3) is 0.217. The van der Waals surface area contributed by atoms with Crippen LogP contribution in [0.15, 0.2) is 54.2 Å². The van der Waals surface area contributed by atoms with E-state index in [4.69, 9.17) is 16.3 Å². The predicted molar refractivity (Wildman–Crippen MR) is 116 cm³/mol. The number of para-hydroxylation sites is 1. The summed E-state index contributed by atoms with van der Waals surface area (Å²) in [7, 11) is 0. The maximum absolute atomic E-state index is 12.4. The predicted octanol–water partition coefficient (Wildman–Crippen LogP) is 4.87. The first-order valence-corrected chi connectivity index (χ1v) is 9.77. The lowest BCUT2D eigenvalue weighted by Gasteiger charge is -2.11. The van der Waals surface area contributed by atoms with Gasteiger partial charge in [-0.2, -0.15) is 5.26 Å². The van der Waals surface area contributed by atoms with Crippen LogP contribution in [0.1, 0.15) is 25.0 Å². The second-order valence-electron chi connectivity index (χ2n) is 6.89. The van der Waals surface area contributed by atoms with E-state index in [2.05, 4.69) is 10.3 Å². The van der Waals surface area contributed by atoms with Crippen LogP contribution in [0, 0.1) is 11.3 Å². The van der Waals surface area contributed by atoms with Crippen LogP contribution in [-0.2, 0) is 11.2 Å². The summed E-state index contributed by atoms with van der Waals surface area (Å²) in [6, 6.07) is 15.1. The molecule has 2 N–H and O–H groups in total. The van der Waals surface area contributed by atoms with E-state index in [9.17, 15) is 10.1 Å². The Kier molecular flexibility index (Phi) is 6.58. The van der Waals surface area contributed by atoms with Gasteiger partial charge in [0.1, 0.15) is 17.4 Å². The number of aromatic amines is 1. The molecule has 3 rings (SSSR count). The van der Waals surface area contributed by atoms with Crippen molar-refractivity contribution >= 4 is 34.5 Å². The highest BCUT2D eigenvalue weighted by atomic mass is 35.5. The number of nitrogens with one attached hydrogen (secondary N) is 2. The van der Waals surface area contributed by atoms with Gasteiger partial charge in [0.25, 0.3) is 5.91 Å². The topological polar surface area (TPSA) is 77.9 Å². The SMILES string of the molecule is CC(C)Oc1ccc(/C=C(\C#N)C(=O)NCCc2c[nH]c3ccccc23)cc1Cl. The average molecular weight is 408 g/mol. The van der Waals surface area contributed by atoms with E-state index in [1.807, 2.05) is 50.4 Å². The van der Waals surface area contributed by atoms with Crippen molar-refractivity contribution in [1.29, 1.82) is 5.26 Å². The lowest BCUT2D eigenvalue weighted by Crippen LogP contribution is -2.26. The number of aromatic nitrogens is 1. The molecule has 6 heteroatoms. The summed E-state index contributed by atoms with van der Waals surface area (Å²) in [5.74, 6) is 0.159. The molecule has 0 aliphatic carbocycles. The Morgan fingerprint density at radius 1 is 1.31 bits per heavy atom. The van der Waals surface area contributed by atoms with Crippen molar-refractivity contribution in [3.05, 3.63) is 70.4 Å². The molecule has 2 aromatic carbocycles. The van der Waals surface area contributed by atoms with Crippen LogP contribution in [0.2, 0.25) is 5.02 Å². The zero-order valence-electron chi connectivity index (χ0n) is 16.3. The molecule has 29 heavy (non-hydrogen) atoms. The van der Waals surface area contributed by atoms with Gasteiger partial charge in [0.05, 0.1) is 11.1 Å². The van der Waals surface area contributed by atoms with E-state index in [0.717, 1.165) is 16.5 Å². The molecule has 148 valence electrons. The van der Waals surface area contributed by atoms with E-state index < -0.39 is 5.91 Å². The number of ether oxygens (including phenoxy) is 1. The number of halogens is 1. The van der Waals surface area contributed by atoms with Crippen molar-refractivity contribution in [2.24, 2.45) is 0 Å². The van der Waals surface area contributed by atoms with Gasteiger partial charge in [0.2, 0.25) is 0 Å². The van der Waals surface area contributed by atoms with Crippen LogP contribution in [0.3, 0.4) is 0 Å². The van der Waals surface area contributed by atoms with Gasteiger partial charge in [0.15, 0.2) is 0 Å². The molecule has 1 heterocycles. The second kappa shape index (κ2) is 9.31. The van der Waals surface area contributed by atoms with Crippen molar-refractivity contribution in [3.63, 3.8) is 0 Å². The molecule has 0 saturated heterocycles. The minimum atomic E-state index is -0.411. The Hall–Kier alpha value is -3.23. The molecule has 0 spiro atoms. The number of benzene rings is 2. The molecule has 0 radical (unpaired) electrons. The number of nitrogens with zero attached hydrogens (tertiary/aromatic N) is 1. The molecule has 0 fully saturated rings. The minimum Gasteiger partial charge on any atom is -0.489 e. The van der Waals surface area contributed by atoms with Crippen LogP contribution in [0.25, 0.3) is 17.0 Å². The van der Waals surface area contributed by atoms with Crippen LogP contribution in [0.4, 0.5) is 0 Å². The van der Waals surface area contributed by atoms with Gasteiger partial charge in [-0.3, -0.25) is 4.79 Å².